The van der Waals surface area contributed by atoms with Crippen LogP contribution in [0.15, 0.2) is 24.3 Å². The van der Waals surface area contributed by atoms with Gasteiger partial charge in [0.2, 0.25) is 6.41 Å². The highest BCUT2D eigenvalue weighted by Crippen LogP contribution is 2.24. The zero-order chi connectivity index (χ0) is 11.4. The highest BCUT2D eigenvalue weighted by atomic mass is 31.1. The third kappa shape index (κ3) is 2.61. The summed E-state index contributed by atoms with van der Waals surface area (Å²) in [7, 11) is 0.378. The van der Waals surface area contributed by atoms with Gasteiger partial charge in [-0.1, -0.05) is 38.1 Å². The molecule has 0 aliphatic carbocycles. The molecule has 2 rings (SSSR count). The number of hydrogen-bond donors (Lipinski definition) is 0. The summed E-state index contributed by atoms with van der Waals surface area (Å²) in [6, 6.07) is 8.31. The van der Waals surface area contributed by atoms with Crippen LogP contribution < -0.4 is 5.30 Å². The zero-order valence-electron chi connectivity index (χ0n) is 9.77. The molecular formula is C12H18NO2P. The molecule has 0 N–H and O–H groups in total. The van der Waals surface area contributed by atoms with Gasteiger partial charge in [0.25, 0.3) is 0 Å². The molecule has 1 aromatic rings. The van der Waals surface area contributed by atoms with Gasteiger partial charge < -0.3 is 9.26 Å². The van der Waals surface area contributed by atoms with Gasteiger partial charge in [-0.15, -0.1) is 0 Å². The summed E-state index contributed by atoms with van der Waals surface area (Å²) in [4.78, 5) is 2.18. The Morgan fingerprint density at radius 1 is 1.31 bits per heavy atom. The van der Waals surface area contributed by atoms with Crippen molar-refractivity contribution in [1.82, 2.24) is 4.90 Å². The Bertz CT molecular complexity index is 315. The summed E-state index contributed by atoms with van der Waals surface area (Å²) >= 11 is 0. The smallest absolute Gasteiger partial charge is 0.222 e. The molecule has 0 spiro atoms. The largest absolute Gasteiger partial charge is 0.335 e. The molecule has 1 heterocycles. The number of ether oxygens (including phenoxy) is 1. The molecule has 88 valence electrons. The van der Waals surface area contributed by atoms with Crippen molar-refractivity contribution < 1.29 is 9.26 Å². The van der Waals surface area contributed by atoms with Crippen molar-refractivity contribution in [2.24, 2.45) is 0 Å². The average Bonchev–Trinajstić information content (AvgIpc) is 2.54. The van der Waals surface area contributed by atoms with Crippen LogP contribution >= 0.6 is 8.81 Å². The van der Waals surface area contributed by atoms with E-state index >= 15 is 0 Å². The fourth-order valence-electron chi connectivity index (χ4n) is 1.76. The molecule has 0 amide bonds. The molecule has 1 aromatic carbocycles. The van der Waals surface area contributed by atoms with E-state index in [0.29, 0.717) is 15.4 Å². The zero-order valence-corrected chi connectivity index (χ0v) is 10.8. The lowest BCUT2D eigenvalue weighted by Gasteiger charge is -2.27. The predicted octanol–water partition coefficient (Wildman–Crippen LogP) is 2.08. The van der Waals surface area contributed by atoms with E-state index < -0.39 is 0 Å². The molecule has 16 heavy (non-hydrogen) atoms. The lowest BCUT2D eigenvalue weighted by atomic mass is 10.2. The number of rotatable bonds is 3. The van der Waals surface area contributed by atoms with Crippen molar-refractivity contribution in [2.75, 3.05) is 13.1 Å². The van der Waals surface area contributed by atoms with Crippen molar-refractivity contribution in [2.45, 2.75) is 26.9 Å². The molecule has 2 unspecified atom stereocenters. The van der Waals surface area contributed by atoms with Crippen LogP contribution in [-0.4, -0.2) is 24.4 Å². The van der Waals surface area contributed by atoms with Crippen molar-refractivity contribution in [1.29, 1.82) is 0 Å². The number of benzene rings is 1. The number of nitrogens with zero attached hydrogens (tertiary/aromatic N) is 1. The van der Waals surface area contributed by atoms with Crippen molar-refractivity contribution in [3.8, 4) is 0 Å². The third-order valence-electron chi connectivity index (χ3n) is 2.78. The summed E-state index contributed by atoms with van der Waals surface area (Å²) in [5.41, 5.74) is 1.25. The van der Waals surface area contributed by atoms with E-state index in [1.54, 1.807) is 0 Å². The van der Waals surface area contributed by atoms with E-state index in [1.807, 2.05) is 12.1 Å². The third-order valence-corrected chi connectivity index (χ3v) is 3.81. The summed E-state index contributed by atoms with van der Waals surface area (Å²) in [6.45, 7) is 6.78. The Morgan fingerprint density at radius 3 is 2.81 bits per heavy atom. The first-order chi connectivity index (χ1) is 7.85. The van der Waals surface area contributed by atoms with E-state index in [0.717, 1.165) is 13.1 Å². The Morgan fingerprint density at radius 2 is 2.06 bits per heavy atom. The van der Waals surface area contributed by atoms with E-state index in [4.69, 9.17) is 9.26 Å². The van der Waals surface area contributed by atoms with E-state index in [-0.39, 0.29) is 6.41 Å². The molecule has 0 bridgehead atoms. The van der Waals surface area contributed by atoms with Crippen molar-refractivity contribution in [3.63, 3.8) is 0 Å². The standard InChI is InChI=1S/C12H18NO2P/c1-3-13(4-2)12-14-9-10-7-5-6-8-11(10)16-15-12/h5-8,12,16H,3-4,9H2,1-2H3. The monoisotopic (exact) mass is 239 g/mol. The van der Waals surface area contributed by atoms with Crippen molar-refractivity contribution >= 4 is 14.1 Å². The summed E-state index contributed by atoms with van der Waals surface area (Å²) < 4.78 is 11.6. The second-order valence-corrected chi connectivity index (χ2v) is 4.69. The normalized spacial score (nSPS) is 22.1. The summed E-state index contributed by atoms with van der Waals surface area (Å²) in [5.74, 6) is 0. The topological polar surface area (TPSA) is 21.7 Å². The first-order valence-electron chi connectivity index (χ1n) is 5.70. The van der Waals surface area contributed by atoms with E-state index in [2.05, 4.69) is 30.9 Å². The fourth-order valence-corrected chi connectivity index (χ4v) is 2.65. The molecule has 4 heteroatoms. The van der Waals surface area contributed by atoms with Crippen LogP contribution in [0.4, 0.5) is 0 Å². The average molecular weight is 239 g/mol. The van der Waals surface area contributed by atoms with Gasteiger partial charge in [-0.05, 0) is 18.7 Å². The SMILES string of the molecule is CCN(CC)C1OCc2ccccc2PO1. The Hall–Kier alpha value is -0.470. The molecule has 1 aliphatic rings. The molecule has 0 radical (unpaired) electrons. The maximum atomic E-state index is 5.80. The van der Waals surface area contributed by atoms with Gasteiger partial charge in [0.15, 0.2) is 0 Å². The predicted molar refractivity (Wildman–Crippen MR) is 67.0 cm³/mol. The molecular weight excluding hydrogens is 221 g/mol. The van der Waals surface area contributed by atoms with Crippen LogP contribution in [0.3, 0.4) is 0 Å². The van der Waals surface area contributed by atoms with Crippen molar-refractivity contribution in [3.05, 3.63) is 29.8 Å². The fraction of sp³-hybridized carbons (Fsp3) is 0.500. The second-order valence-electron chi connectivity index (χ2n) is 3.72. The molecule has 0 aromatic heterocycles. The lowest BCUT2D eigenvalue weighted by Crippen LogP contribution is -2.37. The molecule has 1 aliphatic heterocycles. The van der Waals surface area contributed by atoms with Crippen LogP contribution in [-0.2, 0) is 15.9 Å². The molecule has 2 atom stereocenters. The van der Waals surface area contributed by atoms with Crippen LogP contribution in [0.2, 0.25) is 0 Å². The second kappa shape index (κ2) is 5.74. The van der Waals surface area contributed by atoms with Gasteiger partial charge in [0.1, 0.15) is 0 Å². The van der Waals surface area contributed by atoms with Crippen LogP contribution in [0.1, 0.15) is 19.4 Å². The Kier molecular flexibility index (Phi) is 4.30. The minimum absolute atomic E-state index is 0.194. The lowest BCUT2D eigenvalue weighted by molar-refractivity contribution is -0.172. The maximum absolute atomic E-state index is 5.80. The minimum Gasteiger partial charge on any atom is -0.335 e. The summed E-state index contributed by atoms with van der Waals surface area (Å²) in [6.07, 6.45) is -0.194. The highest BCUT2D eigenvalue weighted by Gasteiger charge is 2.21. The first kappa shape index (κ1) is 12.0. The number of fused-ring (bicyclic) bond motifs is 1. The van der Waals surface area contributed by atoms with Gasteiger partial charge in [-0.2, -0.15) is 0 Å². The van der Waals surface area contributed by atoms with Gasteiger partial charge in [-0.3, -0.25) is 4.90 Å². The molecule has 0 saturated carbocycles. The summed E-state index contributed by atoms with van der Waals surface area (Å²) in [5, 5.41) is 1.26. The quantitative estimate of drug-likeness (QED) is 0.754. The van der Waals surface area contributed by atoms with E-state index in [1.165, 1.54) is 10.9 Å². The Labute approximate surface area is 98.6 Å². The number of hydrogen-bond acceptors (Lipinski definition) is 3. The van der Waals surface area contributed by atoms with Crippen LogP contribution in [0.5, 0.6) is 0 Å². The minimum atomic E-state index is -0.194. The van der Waals surface area contributed by atoms with Gasteiger partial charge in [-0.25, -0.2) is 0 Å². The van der Waals surface area contributed by atoms with Gasteiger partial charge >= 0.3 is 0 Å². The van der Waals surface area contributed by atoms with Gasteiger partial charge in [0, 0.05) is 5.30 Å². The molecule has 3 nitrogen and oxygen atoms in total. The van der Waals surface area contributed by atoms with Gasteiger partial charge in [0.05, 0.1) is 15.4 Å². The maximum Gasteiger partial charge on any atom is 0.222 e. The molecule has 0 fully saturated rings. The van der Waals surface area contributed by atoms with Crippen LogP contribution in [0.25, 0.3) is 0 Å². The van der Waals surface area contributed by atoms with Crippen LogP contribution in [0, 0.1) is 0 Å². The Balaban J connectivity index is 2.07. The highest BCUT2D eigenvalue weighted by molar-refractivity contribution is 7.42. The first-order valence-corrected chi connectivity index (χ1v) is 6.61. The van der Waals surface area contributed by atoms with E-state index in [9.17, 15) is 0 Å². The molecule has 0 saturated heterocycles.